The Bertz CT molecular complexity index is 1590. The van der Waals surface area contributed by atoms with Gasteiger partial charge in [0.15, 0.2) is 5.78 Å². The molecule has 3 aromatic carbocycles. The third-order valence-electron chi connectivity index (χ3n) is 6.20. The van der Waals surface area contributed by atoms with Gasteiger partial charge in [0.1, 0.15) is 11.3 Å². The minimum Gasteiger partial charge on any atom is -0.507 e. The lowest BCUT2D eigenvalue weighted by atomic mass is 9.98. The number of carbonyl (C=O) groups is 2. The molecule has 0 spiro atoms. The molecule has 0 radical (unpaired) electrons. The number of aromatic carboxylic acids is 1. The number of halogens is 1. The Labute approximate surface area is 229 Å². The molecule has 0 saturated carbocycles. The molecular formula is C29H26ClN3O6. The van der Waals surface area contributed by atoms with E-state index >= 15 is 0 Å². The summed E-state index contributed by atoms with van der Waals surface area (Å²) in [5.41, 5.74) is 1.94. The lowest BCUT2D eigenvalue weighted by Gasteiger charge is -2.22. The predicted octanol–water partition coefficient (Wildman–Crippen LogP) is 5.07. The van der Waals surface area contributed by atoms with Gasteiger partial charge in [0.25, 0.3) is 5.56 Å². The van der Waals surface area contributed by atoms with Crippen LogP contribution in [-0.4, -0.2) is 45.4 Å². The van der Waals surface area contributed by atoms with Gasteiger partial charge < -0.3 is 20.3 Å². The zero-order valence-electron chi connectivity index (χ0n) is 21.2. The Hall–Kier alpha value is -4.63. The van der Waals surface area contributed by atoms with Crippen LogP contribution >= 0.6 is 11.6 Å². The molecule has 1 atom stereocenters. The molecule has 3 N–H and O–H groups in total. The van der Waals surface area contributed by atoms with Gasteiger partial charge in [0.2, 0.25) is 5.88 Å². The SMILES string of the molecule is COc1nn([C@H](CNc2ccc(C(=O)O)c(O)c2)Cc2ccccc2)c(=O)cc1-c1cc(Cl)ccc1C(C)=O. The van der Waals surface area contributed by atoms with E-state index in [4.69, 9.17) is 16.3 Å². The first kappa shape index (κ1) is 27.4. The number of aromatic hydroxyl groups is 1. The lowest BCUT2D eigenvalue weighted by molar-refractivity contribution is 0.0693. The number of rotatable bonds is 10. The van der Waals surface area contributed by atoms with Crippen LogP contribution in [-0.2, 0) is 6.42 Å². The van der Waals surface area contributed by atoms with Gasteiger partial charge in [-0.1, -0.05) is 41.9 Å². The number of Topliss-reactive ketones (excluding diaryl/α,β-unsaturated/α-hetero) is 1. The van der Waals surface area contributed by atoms with Crippen LogP contribution in [0.1, 0.15) is 39.2 Å². The van der Waals surface area contributed by atoms with Crippen molar-refractivity contribution in [3.63, 3.8) is 0 Å². The lowest BCUT2D eigenvalue weighted by Crippen LogP contribution is -2.33. The van der Waals surface area contributed by atoms with E-state index in [0.29, 0.717) is 33.8 Å². The summed E-state index contributed by atoms with van der Waals surface area (Å²) in [4.78, 5) is 37.0. The van der Waals surface area contributed by atoms with Crippen LogP contribution in [0, 0.1) is 0 Å². The van der Waals surface area contributed by atoms with Crippen LogP contribution < -0.4 is 15.6 Å². The average Bonchev–Trinajstić information content (AvgIpc) is 2.91. The number of ether oxygens (including phenoxy) is 1. The minimum atomic E-state index is -1.24. The molecule has 0 unspecified atom stereocenters. The van der Waals surface area contributed by atoms with Gasteiger partial charge in [-0.25, -0.2) is 9.48 Å². The van der Waals surface area contributed by atoms with E-state index < -0.39 is 17.6 Å². The van der Waals surface area contributed by atoms with Crippen molar-refractivity contribution in [3.05, 3.63) is 105 Å². The van der Waals surface area contributed by atoms with Crippen LogP contribution in [0.3, 0.4) is 0 Å². The highest BCUT2D eigenvalue weighted by Gasteiger charge is 2.22. The van der Waals surface area contributed by atoms with Crippen molar-refractivity contribution in [1.82, 2.24) is 9.78 Å². The smallest absolute Gasteiger partial charge is 0.339 e. The van der Waals surface area contributed by atoms with E-state index in [2.05, 4.69) is 10.4 Å². The maximum absolute atomic E-state index is 13.5. The Morgan fingerprint density at radius 1 is 1.03 bits per heavy atom. The number of aromatic nitrogens is 2. The molecule has 10 heteroatoms. The summed E-state index contributed by atoms with van der Waals surface area (Å²) < 4.78 is 6.86. The van der Waals surface area contributed by atoms with Crippen molar-refractivity contribution in [2.75, 3.05) is 19.0 Å². The number of methoxy groups -OCH3 is 1. The van der Waals surface area contributed by atoms with Crippen LogP contribution in [0.25, 0.3) is 11.1 Å². The molecule has 4 aromatic rings. The molecule has 0 saturated heterocycles. The molecule has 0 aliphatic rings. The van der Waals surface area contributed by atoms with Crippen molar-refractivity contribution < 1.29 is 24.5 Å². The number of benzene rings is 3. The number of hydrogen-bond acceptors (Lipinski definition) is 7. The number of carbonyl (C=O) groups excluding carboxylic acids is 1. The minimum absolute atomic E-state index is 0.140. The summed E-state index contributed by atoms with van der Waals surface area (Å²) >= 11 is 6.20. The largest absolute Gasteiger partial charge is 0.507 e. The van der Waals surface area contributed by atoms with Crippen LogP contribution in [0.4, 0.5) is 5.69 Å². The Kier molecular flexibility index (Phi) is 8.31. The topological polar surface area (TPSA) is 131 Å². The maximum atomic E-state index is 13.5. The van der Waals surface area contributed by atoms with E-state index in [1.54, 1.807) is 18.2 Å². The molecule has 9 nitrogen and oxygen atoms in total. The molecular weight excluding hydrogens is 522 g/mol. The third-order valence-corrected chi connectivity index (χ3v) is 6.43. The van der Waals surface area contributed by atoms with Gasteiger partial charge in [-0.05, 0) is 54.8 Å². The van der Waals surface area contributed by atoms with Crippen LogP contribution in [0.5, 0.6) is 11.6 Å². The number of carboxylic acid groups (broad SMARTS) is 1. The molecule has 200 valence electrons. The number of nitrogens with one attached hydrogen (secondary N) is 1. The summed E-state index contributed by atoms with van der Waals surface area (Å²) in [6.07, 6.45) is 0.429. The van der Waals surface area contributed by atoms with Gasteiger partial charge in [-0.15, -0.1) is 5.10 Å². The Balaban J connectivity index is 1.75. The second kappa shape index (κ2) is 11.8. The summed E-state index contributed by atoms with van der Waals surface area (Å²) in [7, 11) is 1.43. The van der Waals surface area contributed by atoms with Crippen molar-refractivity contribution in [3.8, 4) is 22.8 Å². The first-order chi connectivity index (χ1) is 18.7. The molecule has 39 heavy (non-hydrogen) atoms. The number of carboxylic acids is 1. The number of hydrogen-bond donors (Lipinski definition) is 3. The van der Waals surface area contributed by atoms with E-state index in [0.717, 1.165) is 5.56 Å². The Morgan fingerprint density at radius 3 is 2.38 bits per heavy atom. The standard InChI is InChI=1S/C29H26ClN3O6/c1-17(34)22-10-8-19(30)13-24(22)25-15-27(36)33(32-28(25)39-2)21(12-18-6-4-3-5-7-18)16-31-20-9-11-23(29(37)38)26(35)14-20/h3-11,13-15,21,31,35H,12,16H2,1-2H3,(H,37,38)/t21-/m0/s1. The first-order valence-electron chi connectivity index (χ1n) is 12.0. The molecule has 0 aliphatic carbocycles. The quantitative estimate of drug-likeness (QED) is 0.234. The normalized spacial score (nSPS) is 11.6. The molecule has 0 amide bonds. The van der Waals surface area contributed by atoms with Gasteiger partial charge >= 0.3 is 5.97 Å². The molecule has 0 fully saturated rings. The zero-order valence-corrected chi connectivity index (χ0v) is 22.0. The summed E-state index contributed by atoms with van der Waals surface area (Å²) in [6.45, 7) is 1.64. The predicted molar refractivity (Wildman–Crippen MR) is 148 cm³/mol. The number of anilines is 1. The summed E-state index contributed by atoms with van der Waals surface area (Å²) in [5.74, 6) is -1.68. The van der Waals surface area contributed by atoms with Crippen molar-refractivity contribution in [1.29, 1.82) is 0 Å². The highest BCUT2D eigenvalue weighted by atomic mass is 35.5. The number of phenols is 1. The van der Waals surface area contributed by atoms with Crippen LogP contribution in [0.2, 0.25) is 5.02 Å². The monoisotopic (exact) mass is 547 g/mol. The van der Waals surface area contributed by atoms with Gasteiger partial charge in [0.05, 0.1) is 18.7 Å². The van der Waals surface area contributed by atoms with E-state index in [9.17, 15) is 24.6 Å². The van der Waals surface area contributed by atoms with Gasteiger partial charge in [-0.2, -0.15) is 0 Å². The fourth-order valence-electron chi connectivity index (χ4n) is 4.29. The number of ketones is 1. The second-order valence-electron chi connectivity index (χ2n) is 8.86. The molecule has 0 aliphatic heterocycles. The molecule has 4 rings (SSSR count). The fourth-order valence-corrected chi connectivity index (χ4v) is 4.47. The van der Waals surface area contributed by atoms with Gasteiger partial charge in [0, 0.05) is 35.0 Å². The number of nitrogens with zero attached hydrogens (tertiary/aromatic N) is 2. The fraction of sp³-hybridized carbons (Fsp3) is 0.172. The van der Waals surface area contributed by atoms with E-state index in [1.165, 1.54) is 43.0 Å². The maximum Gasteiger partial charge on any atom is 0.339 e. The van der Waals surface area contributed by atoms with Crippen molar-refractivity contribution in [2.45, 2.75) is 19.4 Å². The van der Waals surface area contributed by atoms with E-state index in [1.807, 2.05) is 30.3 Å². The van der Waals surface area contributed by atoms with Crippen molar-refractivity contribution >= 4 is 29.0 Å². The third kappa shape index (κ3) is 6.27. The average molecular weight is 548 g/mol. The first-order valence-corrected chi connectivity index (χ1v) is 12.4. The molecule has 1 heterocycles. The van der Waals surface area contributed by atoms with Crippen LogP contribution in [0.15, 0.2) is 77.6 Å². The van der Waals surface area contributed by atoms with E-state index in [-0.39, 0.29) is 29.5 Å². The molecule has 0 bridgehead atoms. The van der Waals surface area contributed by atoms with Crippen molar-refractivity contribution in [2.24, 2.45) is 0 Å². The summed E-state index contributed by atoms with van der Waals surface area (Å²) in [6, 6.07) is 19.3. The zero-order chi connectivity index (χ0) is 28.1. The second-order valence-corrected chi connectivity index (χ2v) is 9.29. The highest BCUT2D eigenvalue weighted by molar-refractivity contribution is 6.31. The molecule has 1 aromatic heterocycles. The highest BCUT2D eigenvalue weighted by Crippen LogP contribution is 2.33. The summed E-state index contributed by atoms with van der Waals surface area (Å²) in [5, 5.41) is 27.3. The van der Waals surface area contributed by atoms with Gasteiger partial charge in [-0.3, -0.25) is 9.59 Å². The Morgan fingerprint density at radius 2 is 1.74 bits per heavy atom.